The smallest absolute Gasteiger partial charge is 0.308 e. The van der Waals surface area contributed by atoms with Gasteiger partial charge in [0.1, 0.15) is 0 Å². The SMILES string of the molecule is CCCCCCCCCCCCCCCCC(CCCCCCCCCCCCCCCC(=O)O)C(=O)OCCCCCCCCCCC(C)C. The Morgan fingerprint density at radius 3 is 1.04 bits per heavy atom. The second-order valence-corrected chi connectivity index (χ2v) is 16.8. The van der Waals surface area contributed by atoms with E-state index < -0.39 is 5.97 Å². The molecule has 0 aromatic heterocycles. The molecule has 0 aliphatic rings. The lowest BCUT2D eigenvalue weighted by molar-refractivity contribution is -0.149. The van der Waals surface area contributed by atoms with Gasteiger partial charge in [-0.3, -0.25) is 9.59 Å². The summed E-state index contributed by atoms with van der Waals surface area (Å²) in [5, 5.41) is 8.72. The minimum absolute atomic E-state index is 0.0942. The molecule has 0 aliphatic heterocycles. The van der Waals surface area contributed by atoms with Gasteiger partial charge in [-0.05, 0) is 31.6 Å². The summed E-state index contributed by atoms with van der Waals surface area (Å²) in [6.07, 6.45) is 49.3. The van der Waals surface area contributed by atoms with Crippen molar-refractivity contribution in [3.8, 4) is 0 Å². The van der Waals surface area contributed by atoms with Crippen LogP contribution in [0.15, 0.2) is 0 Å². The van der Waals surface area contributed by atoms with E-state index in [-0.39, 0.29) is 11.9 Å². The van der Waals surface area contributed by atoms with Gasteiger partial charge in [0, 0.05) is 6.42 Å². The second kappa shape index (κ2) is 41.7. The molecule has 0 aromatic rings. The van der Waals surface area contributed by atoms with Gasteiger partial charge in [0.25, 0.3) is 0 Å². The first-order valence-electron chi connectivity index (χ1n) is 23.4. The summed E-state index contributed by atoms with van der Waals surface area (Å²) in [7, 11) is 0. The summed E-state index contributed by atoms with van der Waals surface area (Å²) >= 11 is 0. The average molecular weight is 721 g/mol. The molecular weight excluding hydrogens is 629 g/mol. The molecule has 0 radical (unpaired) electrons. The molecule has 0 amide bonds. The highest BCUT2D eigenvalue weighted by atomic mass is 16.5. The fourth-order valence-electron chi connectivity index (χ4n) is 7.58. The molecule has 0 aliphatic carbocycles. The molecule has 0 spiro atoms. The Morgan fingerprint density at radius 1 is 0.412 bits per heavy atom. The van der Waals surface area contributed by atoms with E-state index >= 15 is 0 Å². The summed E-state index contributed by atoms with van der Waals surface area (Å²) < 4.78 is 5.87. The van der Waals surface area contributed by atoms with Gasteiger partial charge >= 0.3 is 11.9 Å². The second-order valence-electron chi connectivity index (χ2n) is 16.8. The molecule has 0 rings (SSSR count). The van der Waals surface area contributed by atoms with Crippen molar-refractivity contribution < 1.29 is 19.4 Å². The molecule has 0 saturated carbocycles. The Hall–Kier alpha value is -1.06. The maximum atomic E-state index is 13.1. The molecule has 51 heavy (non-hydrogen) atoms. The first kappa shape index (κ1) is 49.9. The standard InChI is InChI=1S/C47H92O4/c1-4-5-6-7-8-9-10-11-13-16-19-25-30-35-40-45(47(50)51-43-38-33-28-23-22-24-29-34-39-44(2)3)41-36-31-26-20-17-14-12-15-18-21-27-32-37-42-46(48)49/h44-45H,4-43H2,1-3H3,(H,48,49). The number of rotatable bonds is 43. The largest absolute Gasteiger partial charge is 0.481 e. The monoisotopic (exact) mass is 721 g/mol. The first-order valence-corrected chi connectivity index (χ1v) is 23.4. The van der Waals surface area contributed by atoms with Crippen molar-refractivity contribution in [3.63, 3.8) is 0 Å². The normalized spacial score (nSPS) is 12.2. The Balaban J connectivity index is 4.08. The van der Waals surface area contributed by atoms with Gasteiger partial charge in [0.05, 0.1) is 12.5 Å². The summed E-state index contributed by atoms with van der Waals surface area (Å²) in [6.45, 7) is 7.55. The molecule has 0 fully saturated rings. The van der Waals surface area contributed by atoms with Crippen LogP contribution in [0.2, 0.25) is 0 Å². The van der Waals surface area contributed by atoms with Crippen molar-refractivity contribution in [2.45, 2.75) is 271 Å². The molecule has 0 saturated heterocycles. The first-order chi connectivity index (χ1) is 25.0. The molecule has 4 nitrogen and oxygen atoms in total. The Labute approximate surface area is 320 Å². The van der Waals surface area contributed by atoms with Gasteiger partial charge in [0.2, 0.25) is 0 Å². The van der Waals surface area contributed by atoms with Crippen LogP contribution in [-0.4, -0.2) is 23.7 Å². The lowest BCUT2D eigenvalue weighted by atomic mass is 9.94. The zero-order valence-corrected chi connectivity index (χ0v) is 35.1. The zero-order chi connectivity index (χ0) is 37.3. The molecule has 0 heterocycles. The van der Waals surface area contributed by atoms with Gasteiger partial charge in [0.15, 0.2) is 0 Å². The predicted octanol–water partition coefficient (Wildman–Crippen LogP) is 16.1. The number of carbonyl (C=O) groups is 2. The fraction of sp³-hybridized carbons (Fsp3) is 0.957. The lowest BCUT2D eigenvalue weighted by Crippen LogP contribution is -2.18. The van der Waals surface area contributed by atoms with Crippen molar-refractivity contribution in [1.29, 1.82) is 0 Å². The van der Waals surface area contributed by atoms with E-state index in [4.69, 9.17) is 9.84 Å². The number of carbonyl (C=O) groups excluding carboxylic acids is 1. The number of carboxylic acid groups (broad SMARTS) is 1. The summed E-state index contributed by atoms with van der Waals surface area (Å²) in [5.41, 5.74) is 0. The van der Waals surface area contributed by atoms with E-state index in [2.05, 4.69) is 20.8 Å². The quantitative estimate of drug-likeness (QED) is 0.0503. The van der Waals surface area contributed by atoms with Crippen molar-refractivity contribution in [2.75, 3.05) is 6.61 Å². The van der Waals surface area contributed by atoms with E-state index in [0.717, 1.165) is 44.4 Å². The van der Waals surface area contributed by atoms with E-state index in [9.17, 15) is 9.59 Å². The minimum Gasteiger partial charge on any atom is -0.481 e. The highest BCUT2D eigenvalue weighted by Gasteiger charge is 2.19. The van der Waals surface area contributed by atoms with Crippen LogP contribution in [0.1, 0.15) is 271 Å². The van der Waals surface area contributed by atoms with Crippen LogP contribution in [-0.2, 0) is 14.3 Å². The number of aliphatic carboxylic acids is 1. The van der Waals surface area contributed by atoms with Crippen LogP contribution >= 0.6 is 0 Å². The van der Waals surface area contributed by atoms with Gasteiger partial charge in [-0.1, -0.05) is 239 Å². The summed E-state index contributed by atoms with van der Waals surface area (Å²) in [5.74, 6) is 0.376. The van der Waals surface area contributed by atoms with Crippen molar-refractivity contribution in [2.24, 2.45) is 11.8 Å². The molecule has 0 bridgehead atoms. The fourth-order valence-corrected chi connectivity index (χ4v) is 7.58. The Kier molecular flexibility index (Phi) is 40.8. The molecule has 1 unspecified atom stereocenters. The van der Waals surface area contributed by atoms with Gasteiger partial charge in [-0.15, -0.1) is 0 Å². The number of unbranched alkanes of at least 4 members (excludes halogenated alkanes) is 32. The van der Waals surface area contributed by atoms with Crippen LogP contribution < -0.4 is 0 Å². The molecule has 1 atom stereocenters. The number of hydrogen-bond donors (Lipinski definition) is 1. The van der Waals surface area contributed by atoms with Crippen LogP contribution in [0.25, 0.3) is 0 Å². The molecule has 1 N–H and O–H groups in total. The number of esters is 1. The van der Waals surface area contributed by atoms with Crippen LogP contribution in [0.5, 0.6) is 0 Å². The lowest BCUT2D eigenvalue weighted by Gasteiger charge is -2.16. The third-order valence-corrected chi connectivity index (χ3v) is 11.1. The maximum Gasteiger partial charge on any atom is 0.308 e. The molecular formula is C47H92O4. The van der Waals surface area contributed by atoms with E-state index in [0.29, 0.717) is 13.0 Å². The Morgan fingerprint density at radius 2 is 0.706 bits per heavy atom. The zero-order valence-electron chi connectivity index (χ0n) is 35.1. The van der Waals surface area contributed by atoms with Gasteiger partial charge in [-0.25, -0.2) is 0 Å². The number of carboxylic acids is 1. The molecule has 4 heteroatoms. The van der Waals surface area contributed by atoms with Gasteiger partial charge < -0.3 is 9.84 Å². The predicted molar refractivity (Wildman–Crippen MR) is 223 cm³/mol. The highest BCUT2D eigenvalue weighted by molar-refractivity contribution is 5.72. The van der Waals surface area contributed by atoms with E-state index in [1.54, 1.807) is 0 Å². The average Bonchev–Trinajstić information content (AvgIpc) is 3.11. The van der Waals surface area contributed by atoms with Crippen molar-refractivity contribution in [3.05, 3.63) is 0 Å². The van der Waals surface area contributed by atoms with Crippen molar-refractivity contribution in [1.82, 2.24) is 0 Å². The van der Waals surface area contributed by atoms with Crippen LogP contribution in [0.4, 0.5) is 0 Å². The topological polar surface area (TPSA) is 63.6 Å². The third-order valence-electron chi connectivity index (χ3n) is 11.1. The van der Waals surface area contributed by atoms with Crippen LogP contribution in [0, 0.1) is 11.8 Å². The number of hydrogen-bond acceptors (Lipinski definition) is 3. The molecule has 0 aromatic carbocycles. The van der Waals surface area contributed by atoms with E-state index in [1.807, 2.05) is 0 Å². The van der Waals surface area contributed by atoms with Crippen LogP contribution in [0.3, 0.4) is 0 Å². The van der Waals surface area contributed by atoms with E-state index in [1.165, 1.54) is 205 Å². The minimum atomic E-state index is -0.665. The van der Waals surface area contributed by atoms with Crippen molar-refractivity contribution >= 4 is 11.9 Å². The van der Waals surface area contributed by atoms with Gasteiger partial charge in [-0.2, -0.15) is 0 Å². The summed E-state index contributed by atoms with van der Waals surface area (Å²) in [4.78, 5) is 23.7. The third kappa shape index (κ3) is 41.6. The molecule has 304 valence electrons. The number of ether oxygens (including phenoxy) is 1. The highest BCUT2D eigenvalue weighted by Crippen LogP contribution is 2.22. The Bertz CT molecular complexity index is 704. The maximum absolute atomic E-state index is 13.1. The summed E-state index contributed by atoms with van der Waals surface area (Å²) in [6, 6.07) is 0.